The van der Waals surface area contributed by atoms with Crippen molar-refractivity contribution >= 4 is 67.4 Å². The first-order chi connectivity index (χ1) is 14.3. The van der Waals surface area contributed by atoms with Crippen molar-refractivity contribution in [2.75, 3.05) is 24.2 Å². The highest BCUT2D eigenvalue weighted by atomic mass is 35.5. The Hall–Kier alpha value is -1.17. The fraction of sp³-hybridized carbons (Fsp3) is 0.389. The number of thioether (sulfide) groups is 1. The number of nitrogens with zero attached hydrogens (tertiary/aromatic N) is 3. The van der Waals surface area contributed by atoms with Gasteiger partial charge in [0, 0.05) is 34.5 Å². The lowest BCUT2D eigenvalue weighted by atomic mass is 9.99. The molecule has 0 aliphatic carbocycles. The van der Waals surface area contributed by atoms with Crippen molar-refractivity contribution in [1.82, 2.24) is 14.5 Å². The van der Waals surface area contributed by atoms with E-state index in [1.54, 1.807) is 24.3 Å². The highest BCUT2D eigenvalue weighted by Crippen LogP contribution is 2.30. The number of aromatic nitrogens is 2. The third-order valence-corrected chi connectivity index (χ3v) is 8.95. The van der Waals surface area contributed by atoms with E-state index in [1.165, 1.54) is 27.4 Å². The number of carbonyl (C=O) groups is 1. The second-order valence-electron chi connectivity index (χ2n) is 6.62. The quantitative estimate of drug-likeness (QED) is 0.325. The van der Waals surface area contributed by atoms with Crippen LogP contribution < -0.4 is 5.32 Å². The van der Waals surface area contributed by atoms with E-state index in [-0.39, 0.29) is 18.2 Å². The third-order valence-electron chi connectivity index (χ3n) is 4.50. The summed E-state index contributed by atoms with van der Waals surface area (Å²) in [6.45, 7) is 4.11. The molecule has 3 rings (SSSR count). The molecule has 0 spiro atoms. The Morgan fingerprint density at radius 1 is 1.37 bits per heavy atom. The molecule has 1 amide bonds. The smallest absolute Gasteiger partial charge is 0.230 e. The van der Waals surface area contributed by atoms with E-state index >= 15 is 0 Å². The molecule has 0 unspecified atom stereocenters. The minimum Gasteiger partial charge on any atom is -0.300 e. The van der Waals surface area contributed by atoms with Gasteiger partial charge in [-0.3, -0.25) is 4.79 Å². The Balaban J connectivity index is 1.64. The van der Waals surface area contributed by atoms with Crippen LogP contribution in [0.3, 0.4) is 0 Å². The van der Waals surface area contributed by atoms with Gasteiger partial charge in [-0.1, -0.05) is 58.4 Å². The van der Waals surface area contributed by atoms with Crippen molar-refractivity contribution in [2.24, 2.45) is 5.92 Å². The van der Waals surface area contributed by atoms with Crippen LogP contribution in [0, 0.1) is 5.92 Å². The number of benzene rings is 1. The van der Waals surface area contributed by atoms with Gasteiger partial charge in [0.05, 0.1) is 11.7 Å². The van der Waals surface area contributed by atoms with Gasteiger partial charge in [-0.05, 0) is 25.0 Å². The van der Waals surface area contributed by atoms with Gasteiger partial charge >= 0.3 is 0 Å². The molecule has 1 atom stereocenters. The maximum absolute atomic E-state index is 12.9. The molecule has 0 bridgehead atoms. The summed E-state index contributed by atoms with van der Waals surface area (Å²) in [5, 5.41) is 11.7. The highest BCUT2D eigenvalue weighted by Gasteiger charge is 2.33. The summed E-state index contributed by atoms with van der Waals surface area (Å²) in [5.41, 5.74) is 0.367. The second-order valence-corrected chi connectivity index (χ2v) is 11.6. The normalized spacial score (nSPS) is 17.6. The summed E-state index contributed by atoms with van der Waals surface area (Å²) in [6, 6.07) is 4.87. The third kappa shape index (κ3) is 5.95. The molecule has 1 aromatic heterocycles. The zero-order valence-corrected chi connectivity index (χ0v) is 19.8. The van der Waals surface area contributed by atoms with Gasteiger partial charge < -0.3 is 5.32 Å². The van der Waals surface area contributed by atoms with Gasteiger partial charge in [0.2, 0.25) is 21.1 Å². The molecule has 162 valence electrons. The molecule has 12 heteroatoms. The molecule has 1 aliphatic rings. The fourth-order valence-corrected chi connectivity index (χ4v) is 6.89. The lowest BCUT2D eigenvalue weighted by Crippen LogP contribution is -2.44. The first-order valence-corrected chi connectivity index (χ1v) is 13.3. The van der Waals surface area contributed by atoms with Crippen molar-refractivity contribution in [3.05, 3.63) is 46.5 Å². The van der Waals surface area contributed by atoms with Crippen molar-refractivity contribution < 1.29 is 13.2 Å². The number of halogens is 2. The fourth-order valence-electron chi connectivity index (χ4n) is 3.01. The number of rotatable bonds is 8. The van der Waals surface area contributed by atoms with Gasteiger partial charge in [-0.2, -0.15) is 0 Å². The molecule has 1 saturated heterocycles. The molecule has 30 heavy (non-hydrogen) atoms. The Labute approximate surface area is 193 Å². The zero-order valence-electron chi connectivity index (χ0n) is 15.9. The van der Waals surface area contributed by atoms with Crippen LogP contribution in [0.1, 0.15) is 18.4 Å². The van der Waals surface area contributed by atoms with Gasteiger partial charge in [0.1, 0.15) is 0 Å². The molecule has 1 aromatic carbocycles. The van der Waals surface area contributed by atoms with E-state index in [0.29, 0.717) is 45.9 Å². The molecule has 1 N–H and O–H groups in total. The van der Waals surface area contributed by atoms with Crippen LogP contribution in [0.5, 0.6) is 0 Å². The number of sulfonamides is 1. The molecule has 1 fully saturated rings. The molecule has 0 radical (unpaired) electrons. The van der Waals surface area contributed by atoms with Crippen LogP contribution in [0.4, 0.5) is 5.13 Å². The zero-order chi connectivity index (χ0) is 21.7. The number of carbonyl (C=O) groups excluding carboxylic acids is 1. The van der Waals surface area contributed by atoms with Crippen molar-refractivity contribution in [3.63, 3.8) is 0 Å². The monoisotopic (exact) mass is 506 g/mol. The minimum atomic E-state index is -3.68. The summed E-state index contributed by atoms with van der Waals surface area (Å²) >= 11 is 15.0. The Kier molecular flexibility index (Phi) is 8.17. The van der Waals surface area contributed by atoms with E-state index in [4.69, 9.17) is 23.2 Å². The maximum atomic E-state index is 12.9. The van der Waals surface area contributed by atoms with Crippen LogP contribution >= 0.6 is 46.3 Å². The van der Waals surface area contributed by atoms with Crippen LogP contribution in [-0.4, -0.2) is 47.7 Å². The maximum Gasteiger partial charge on any atom is 0.230 e. The Morgan fingerprint density at radius 3 is 2.80 bits per heavy atom. The van der Waals surface area contributed by atoms with E-state index < -0.39 is 15.9 Å². The topological polar surface area (TPSA) is 92.3 Å². The lowest BCUT2D eigenvalue weighted by Gasteiger charge is -2.31. The molecule has 2 aromatic rings. The number of hydrogen-bond donors (Lipinski definition) is 1. The second kappa shape index (κ2) is 10.4. The summed E-state index contributed by atoms with van der Waals surface area (Å²) < 4.78 is 27.9. The lowest BCUT2D eigenvalue weighted by molar-refractivity contribution is -0.120. The SMILES string of the molecule is C=CCSc1nnc(NC(=O)[C@@H]2CCCN(S(=O)(=O)Cc3c(Cl)cccc3Cl)C2)s1. The highest BCUT2D eigenvalue weighted by molar-refractivity contribution is 8.01. The molecular weight excluding hydrogens is 487 g/mol. The average molecular weight is 507 g/mol. The number of amides is 1. The summed E-state index contributed by atoms with van der Waals surface area (Å²) in [4.78, 5) is 12.7. The van der Waals surface area contributed by atoms with Crippen molar-refractivity contribution in [1.29, 1.82) is 0 Å². The first kappa shape index (κ1) is 23.5. The molecule has 0 saturated carbocycles. The van der Waals surface area contributed by atoms with Gasteiger partial charge in [0.15, 0.2) is 4.34 Å². The number of piperidine rings is 1. The van der Waals surface area contributed by atoms with Crippen LogP contribution in [0.15, 0.2) is 35.2 Å². The molecule has 2 heterocycles. The molecule has 7 nitrogen and oxygen atoms in total. The largest absolute Gasteiger partial charge is 0.300 e. The first-order valence-electron chi connectivity index (χ1n) is 9.09. The number of anilines is 1. The Morgan fingerprint density at radius 2 is 2.10 bits per heavy atom. The van der Waals surface area contributed by atoms with Crippen LogP contribution in [0.2, 0.25) is 10.0 Å². The van der Waals surface area contributed by atoms with Crippen molar-refractivity contribution in [3.8, 4) is 0 Å². The standard InChI is InChI=1S/C18H20Cl2N4O3S3/c1-2-9-28-18-23-22-17(29-18)21-16(25)12-5-4-8-24(10-12)30(26,27)11-13-14(19)6-3-7-15(13)20/h2-3,6-7,12H,1,4-5,8-11H2,(H,21,22,25)/t12-/m1/s1. The number of hydrogen-bond acceptors (Lipinski definition) is 7. The van der Waals surface area contributed by atoms with E-state index in [1.807, 2.05) is 0 Å². The van der Waals surface area contributed by atoms with Crippen LogP contribution in [-0.2, 0) is 20.6 Å². The van der Waals surface area contributed by atoms with Gasteiger partial charge in [-0.25, -0.2) is 12.7 Å². The van der Waals surface area contributed by atoms with E-state index in [2.05, 4.69) is 22.1 Å². The van der Waals surface area contributed by atoms with Gasteiger partial charge in [-0.15, -0.1) is 16.8 Å². The van der Waals surface area contributed by atoms with E-state index in [9.17, 15) is 13.2 Å². The predicted molar refractivity (Wildman–Crippen MR) is 123 cm³/mol. The van der Waals surface area contributed by atoms with Gasteiger partial charge in [0.25, 0.3) is 0 Å². The van der Waals surface area contributed by atoms with E-state index in [0.717, 1.165) is 4.34 Å². The van der Waals surface area contributed by atoms with Crippen LogP contribution in [0.25, 0.3) is 0 Å². The summed E-state index contributed by atoms with van der Waals surface area (Å²) in [5.74, 6) is -0.335. The molecule has 1 aliphatic heterocycles. The van der Waals surface area contributed by atoms with Crippen molar-refractivity contribution in [2.45, 2.75) is 22.9 Å². The molecular formula is C18H20Cl2N4O3S3. The predicted octanol–water partition coefficient (Wildman–Crippen LogP) is 4.30. The Bertz CT molecular complexity index is 1010. The summed E-state index contributed by atoms with van der Waals surface area (Å²) in [7, 11) is -3.68. The number of nitrogens with one attached hydrogen (secondary N) is 1. The minimum absolute atomic E-state index is 0.104. The average Bonchev–Trinajstić information content (AvgIpc) is 3.16. The summed E-state index contributed by atoms with van der Waals surface area (Å²) in [6.07, 6.45) is 2.95.